The average molecular weight is 352 g/mol. The van der Waals surface area contributed by atoms with E-state index in [-0.39, 0.29) is 25.4 Å². The summed E-state index contributed by atoms with van der Waals surface area (Å²) in [7, 11) is 0. The fourth-order valence-electron chi connectivity index (χ4n) is 1.81. The van der Waals surface area contributed by atoms with Crippen molar-refractivity contribution < 1.29 is 14.3 Å². The van der Waals surface area contributed by atoms with E-state index in [2.05, 4.69) is 5.32 Å². The second kappa shape index (κ2) is 8.56. The topological polar surface area (TPSA) is 55.4 Å². The summed E-state index contributed by atoms with van der Waals surface area (Å²) in [6.07, 6.45) is 0.0363. The first kappa shape index (κ1) is 17.3. The van der Waals surface area contributed by atoms with E-state index >= 15 is 0 Å². The number of para-hydroxylation sites is 1. The number of carbonyl (C=O) groups is 2. The number of anilines is 1. The maximum absolute atomic E-state index is 11.8. The van der Waals surface area contributed by atoms with Crippen LogP contribution in [0.4, 0.5) is 5.69 Å². The van der Waals surface area contributed by atoms with Gasteiger partial charge in [-0.05, 0) is 29.8 Å². The van der Waals surface area contributed by atoms with E-state index in [0.717, 1.165) is 5.56 Å². The van der Waals surface area contributed by atoms with E-state index in [1.165, 1.54) is 0 Å². The third kappa shape index (κ3) is 5.93. The average Bonchev–Trinajstić information content (AvgIpc) is 2.54. The molecule has 0 aliphatic carbocycles. The number of ether oxygens (including phenoxy) is 1. The quantitative estimate of drug-likeness (QED) is 0.781. The Balaban J connectivity index is 1.72. The number of amides is 1. The van der Waals surface area contributed by atoms with Gasteiger partial charge >= 0.3 is 5.97 Å². The van der Waals surface area contributed by atoms with Gasteiger partial charge < -0.3 is 10.1 Å². The molecule has 0 unspecified atom stereocenters. The van der Waals surface area contributed by atoms with Crippen LogP contribution in [0.2, 0.25) is 10.0 Å². The lowest BCUT2D eigenvalue weighted by atomic mass is 10.2. The molecule has 4 nitrogen and oxygen atoms in total. The third-order valence-electron chi connectivity index (χ3n) is 3.02. The highest BCUT2D eigenvalue weighted by Crippen LogP contribution is 2.20. The molecule has 1 N–H and O–H groups in total. The molecule has 0 saturated heterocycles. The molecule has 0 aliphatic rings. The number of halogens is 2. The predicted octanol–water partition coefficient (Wildman–Crippen LogP) is 4.46. The minimum Gasteiger partial charge on any atom is -0.461 e. The predicted molar refractivity (Wildman–Crippen MR) is 90.6 cm³/mol. The Kier molecular flexibility index (Phi) is 6.44. The molecule has 0 atom stereocenters. The third-order valence-corrected chi connectivity index (χ3v) is 3.60. The molecule has 0 aromatic heterocycles. The second-order valence-corrected chi connectivity index (χ2v) is 5.66. The number of rotatable bonds is 6. The van der Waals surface area contributed by atoms with Crippen LogP contribution in [-0.4, -0.2) is 11.9 Å². The fraction of sp³-hybridized carbons (Fsp3) is 0.176. The summed E-state index contributed by atoms with van der Waals surface area (Å²) >= 11 is 11.7. The standard InChI is InChI=1S/C17H15Cl2NO3/c18-13-7-5-12(6-8-13)11-23-17(22)10-9-16(21)20-15-4-2-1-3-14(15)19/h1-8H,9-11H2,(H,20,21). The van der Waals surface area contributed by atoms with E-state index in [4.69, 9.17) is 27.9 Å². The lowest BCUT2D eigenvalue weighted by Gasteiger charge is -2.07. The van der Waals surface area contributed by atoms with Crippen LogP contribution in [0.1, 0.15) is 18.4 Å². The van der Waals surface area contributed by atoms with E-state index in [1.807, 2.05) is 0 Å². The zero-order valence-electron chi connectivity index (χ0n) is 12.2. The van der Waals surface area contributed by atoms with Crippen molar-refractivity contribution in [1.82, 2.24) is 0 Å². The first-order valence-electron chi connectivity index (χ1n) is 6.99. The van der Waals surface area contributed by atoms with Crippen molar-refractivity contribution in [2.45, 2.75) is 19.4 Å². The molecule has 0 saturated carbocycles. The fourth-order valence-corrected chi connectivity index (χ4v) is 2.12. The van der Waals surface area contributed by atoms with Gasteiger partial charge in [0.15, 0.2) is 0 Å². The lowest BCUT2D eigenvalue weighted by molar-refractivity contribution is -0.145. The molecule has 1 amide bonds. The normalized spacial score (nSPS) is 10.2. The molecule has 0 fully saturated rings. The van der Waals surface area contributed by atoms with E-state index in [9.17, 15) is 9.59 Å². The monoisotopic (exact) mass is 351 g/mol. The minimum absolute atomic E-state index is 0.00384. The van der Waals surface area contributed by atoms with Gasteiger partial charge in [-0.25, -0.2) is 0 Å². The molecule has 2 aromatic rings. The van der Waals surface area contributed by atoms with Gasteiger partial charge in [-0.3, -0.25) is 9.59 Å². The van der Waals surface area contributed by atoms with E-state index < -0.39 is 5.97 Å². The number of hydrogen-bond acceptors (Lipinski definition) is 3. The molecule has 0 heterocycles. The van der Waals surface area contributed by atoms with E-state index in [0.29, 0.717) is 15.7 Å². The van der Waals surface area contributed by atoms with Gasteiger partial charge in [0.25, 0.3) is 0 Å². The van der Waals surface area contributed by atoms with Crippen LogP contribution in [0.5, 0.6) is 0 Å². The molecule has 23 heavy (non-hydrogen) atoms. The zero-order chi connectivity index (χ0) is 16.7. The molecule has 2 rings (SSSR count). The molecular weight excluding hydrogens is 337 g/mol. The second-order valence-electron chi connectivity index (χ2n) is 4.82. The molecule has 120 valence electrons. The van der Waals surface area contributed by atoms with Crippen molar-refractivity contribution in [3.05, 3.63) is 64.1 Å². The molecule has 0 radical (unpaired) electrons. The SMILES string of the molecule is O=C(CCC(=O)OCc1ccc(Cl)cc1)Nc1ccccc1Cl. The van der Waals surface area contributed by atoms with Crippen molar-refractivity contribution in [3.8, 4) is 0 Å². The number of hydrogen-bond donors (Lipinski definition) is 1. The van der Waals surface area contributed by atoms with Gasteiger partial charge in [-0.15, -0.1) is 0 Å². The highest BCUT2D eigenvalue weighted by molar-refractivity contribution is 6.33. The van der Waals surface area contributed by atoms with Crippen molar-refractivity contribution >= 4 is 40.8 Å². The molecule has 6 heteroatoms. The molecule has 0 spiro atoms. The van der Waals surface area contributed by atoms with Crippen LogP contribution in [0.3, 0.4) is 0 Å². The molecule has 0 aliphatic heterocycles. The molecule has 2 aromatic carbocycles. The van der Waals surface area contributed by atoms with Gasteiger partial charge in [0.1, 0.15) is 6.61 Å². The Morgan fingerprint density at radius 1 is 0.957 bits per heavy atom. The lowest BCUT2D eigenvalue weighted by Crippen LogP contribution is -2.14. The summed E-state index contributed by atoms with van der Waals surface area (Å²) in [6, 6.07) is 13.9. The van der Waals surface area contributed by atoms with Gasteiger partial charge in [0.05, 0.1) is 17.1 Å². The first-order chi connectivity index (χ1) is 11.0. The Morgan fingerprint density at radius 2 is 1.65 bits per heavy atom. The van der Waals surface area contributed by atoms with Crippen molar-refractivity contribution in [1.29, 1.82) is 0 Å². The number of nitrogens with one attached hydrogen (secondary N) is 1. The van der Waals surface area contributed by atoms with Gasteiger partial charge in [-0.2, -0.15) is 0 Å². The smallest absolute Gasteiger partial charge is 0.306 e. The Labute approximate surface area is 144 Å². The van der Waals surface area contributed by atoms with Crippen LogP contribution in [-0.2, 0) is 20.9 Å². The van der Waals surface area contributed by atoms with Crippen LogP contribution in [0.15, 0.2) is 48.5 Å². The van der Waals surface area contributed by atoms with Gasteiger partial charge in [0, 0.05) is 11.4 Å². The van der Waals surface area contributed by atoms with Gasteiger partial charge in [0.2, 0.25) is 5.91 Å². The maximum atomic E-state index is 11.8. The summed E-state index contributed by atoms with van der Waals surface area (Å²) in [5, 5.41) is 3.72. The van der Waals surface area contributed by atoms with Crippen molar-refractivity contribution in [3.63, 3.8) is 0 Å². The zero-order valence-corrected chi connectivity index (χ0v) is 13.7. The molecular formula is C17H15Cl2NO3. The van der Waals surface area contributed by atoms with Crippen LogP contribution in [0, 0.1) is 0 Å². The van der Waals surface area contributed by atoms with Crippen molar-refractivity contribution in [2.75, 3.05) is 5.32 Å². The highest BCUT2D eigenvalue weighted by Gasteiger charge is 2.10. The summed E-state index contributed by atoms with van der Waals surface area (Å²) in [4.78, 5) is 23.4. The summed E-state index contributed by atoms with van der Waals surface area (Å²) in [6.45, 7) is 0.155. The molecule has 0 bridgehead atoms. The number of benzene rings is 2. The van der Waals surface area contributed by atoms with Gasteiger partial charge in [-0.1, -0.05) is 47.5 Å². The largest absolute Gasteiger partial charge is 0.461 e. The van der Waals surface area contributed by atoms with Crippen LogP contribution >= 0.6 is 23.2 Å². The number of esters is 1. The Morgan fingerprint density at radius 3 is 2.35 bits per heavy atom. The highest BCUT2D eigenvalue weighted by atomic mass is 35.5. The maximum Gasteiger partial charge on any atom is 0.306 e. The number of carbonyl (C=O) groups excluding carboxylic acids is 2. The summed E-state index contributed by atoms with van der Waals surface area (Å²) < 4.78 is 5.10. The summed E-state index contributed by atoms with van der Waals surface area (Å²) in [5.74, 6) is -0.726. The Hall–Kier alpha value is -2.04. The Bertz CT molecular complexity index is 686. The van der Waals surface area contributed by atoms with E-state index in [1.54, 1.807) is 48.5 Å². The van der Waals surface area contributed by atoms with Crippen LogP contribution < -0.4 is 5.32 Å². The van der Waals surface area contributed by atoms with Crippen molar-refractivity contribution in [2.24, 2.45) is 0 Å². The van der Waals surface area contributed by atoms with Crippen LogP contribution in [0.25, 0.3) is 0 Å². The first-order valence-corrected chi connectivity index (χ1v) is 7.74. The minimum atomic E-state index is -0.436. The summed E-state index contributed by atoms with van der Waals surface area (Å²) in [5.41, 5.74) is 1.36.